The molecule has 1 N–H and O–H groups in total. The minimum Gasteiger partial charge on any atom is -0.379 e. The molecule has 0 radical (unpaired) electrons. The summed E-state index contributed by atoms with van der Waals surface area (Å²) in [7, 11) is 1.89. The van der Waals surface area contributed by atoms with E-state index < -0.39 is 11.7 Å². The highest BCUT2D eigenvalue weighted by Gasteiger charge is 2.42. The standard InChI is InChI=1S/C26H25F3N6O2/c1-34-15-30-33-22(34)10-25(13-37-14-25)18-4-2-3-17(9-18)24-31-21-8-16(11-35-6-5-19(36)12-35)7-20(23(21)32-24)26(27,28)29/h2-4,7-9,15H,5-6,10-14H2,1H3,(H,31,32). The van der Waals surface area contributed by atoms with Crippen molar-refractivity contribution < 1.29 is 22.7 Å². The van der Waals surface area contributed by atoms with Crippen LogP contribution < -0.4 is 0 Å². The van der Waals surface area contributed by atoms with Gasteiger partial charge in [-0.25, -0.2) is 4.98 Å². The van der Waals surface area contributed by atoms with Gasteiger partial charge in [-0.3, -0.25) is 9.69 Å². The lowest BCUT2D eigenvalue weighted by Gasteiger charge is -2.41. The minimum atomic E-state index is -4.56. The van der Waals surface area contributed by atoms with Crippen molar-refractivity contribution in [3.05, 3.63) is 65.2 Å². The maximum Gasteiger partial charge on any atom is 0.418 e. The molecule has 2 saturated heterocycles. The van der Waals surface area contributed by atoms with Crippen molar-refractivity contribution in [1.82, 2.24) is 29.6 Å². The number of halogens is 3. The van der Waals surface area contributed by atoms with Crippen LogP contribution in [0.2, 0.25) is 0 Å². The van der Waals surface area contributed by atoms with Crippen LogP contribution in [0.5, 0.6) is 0 Å². The predicted molar refractivity (Wildman–Crippen MR) is 129 cm³/mol. The molecule has 0 atom stereocenters. The van der Waals surface area contributed by atoms with Gasteiger partial charge in [-0.2, -0.15) is 13.2 Å². The van der Waals surface area contributed by atoms with Crippen molar-refractivity contribution in [1.29, 1.82) is 0 Å². The Morgan fingerprint density at radius 2 is 2.03 bits per heavy atom. The first-order chi connectivity index (χ1) is 17.7. The molecule has 8 nitrogen and oxygen atoms in total. The molecule has 2 aromatic carbocycles. The van der Waals surface area contributed by atoms with E-state index >= 15 is 0 Å². The van der Waals surface area contributed by atoms with Crippen LogP contribution in [0.3, 0.4) is 0 Å². The number of ketones is 1. The third kappa shape index (κ3) is 4.42. The van der Waals surface area contributed by atoms with Crippen LogP contribution in [0.1, 0.15) is 28.9 Å². The summed E-state index contributed by atoms with van der Waals surface area (Å²) in [5.41, 5.74) is 1.32. The molecular weight excluding hydrogens is 485 g/mol. The average molecular weight is 511 g/mol. The van der Waals surface area contributed by atoms with Crippen LogP contribution in [-0.4, -0.2) is 61.7 Å². The number of imidazole rings is 1. The topological polar surface area (TPSA) is 88.9 Å². The largest absolute Gasteiger partial charge is 0.418 e. The number of nitrogens with one attached hydrogen (secondary N) is 1. The number of aromatic amines is 1. The molecular formula is C26H25F3N6O2. The van der Waals surface area contributed by atoms with E-state index in [1.54, 1.807) is 12.4 Å². The zero-order valence-electron chi connectivity index (χ0n) is 20.2. The Kier molecular flexibility index (Phi) is 5.64. The number of alkyl halides is 3. The van der Waals surface area contributed by atoms with E-state index in [0.29, 0.717) is 55.1 Å². The fourth-order valence-corrected chi connectivity index (χ4v) is 5.19. The van der Waals surface area contributed by atoms with Gasteiger partial charge < -0.3 is 14.3 Å². The van der Waals surface area contributed by atoms with Crippen molar-refractivity contribution in [2.75, 3.05) is 26.3 Å². The fourth-order valence-electron chi connectivity index (χ4n) is 5.19. The zero-order chi connectivity index (χ0) is 25.8. The number of likely N-dealkylation sites (tertiary alicyclic amines) is 1. The lowest BCUT2D eigenvalue weighted by atomic mass is 9.75. The summed E-state index contributed by atoms with van der Waals surface area (Å²) in [4.78, 5) is 21.0. The van der Waals surface area contributed by atoms with E-state index in [4.69, 9.17) is 4.74 Å². The summed E-state index contributed by atoms with van der Waals surface area (Å²) in [5.74, 6) is 1.30. The molecule has 0 spiro atoms. The van der Waals surface area contributed by atoms with Crippen molar-refractivity contribution in [3.8, 4) is 11.4 Å². The number of carbonyl (C=O) groups is 1. The summed E-state index contributed by atoms with van der Waals surface area (Å²) >= 11 is 0. The first-order valence-corrected chi connectivity index (χ1v) is 12.1. The van der Waals surface area contributed by atoms with E-state index in [9.17, 15) is 18.0 Å². The van der Waals surface area contributed by atoms with E-state index in [1.165, 1.54) is 0 Å². The molecule has 0 unspecified atom stereocenters. The lowest BCUT2D eigenvalue weighted by molar-refractivity contribution is -0.136. The van der Waals surface area contributed by atoms with Gasteiger partial charge in [0.1, 0.15) is 29.3 Å². The van der Waals surface area contributed by atoms with Gasteiger partial charge in [0.2, 0.25) is 0 Å². The van der Waals surface area contributed by atoms with Crippen molar-refractivity contribution in [3.63, 3.8) is 0 Å². The van der Waals surface area contributed by atoms with Gasteiger partial charge in [-0.1, -0.05) is 18.2 Å². The van der Waals surface area contributed by atoms with Crippen LogP contribution in [0.25, 0.3) is 22.4 Å². The Morgan fingerprint density at radius 1 is 1.19 bits per heavy atom. The molecule has 4 aromatic rings. The number of H-pyrrole nitrogens is 1. The highest BCUT2D eigenvalue weighted by Crippen LogP contribution is 2.39. The van der Waals surface area contributed by atoms with Gasteiger partial charge >= 0.3 is 6.18 Å². The molecule has 2 aliphatic heterocycles. The molecule has 0 amide bonds. The summed E-state index contributed by atoms with van der Waals surface area (Å²) in [5, 5.41) is 8.17. The smallest absolute Gasteiger partial charge is 0.379 e. The fraction of sp³-hybridized carbons (Fsp3) is 0.385. The van der Waals surface area contributed by atoms with Gasteiger partial charge in [0.05, 0.1) is 30.8 Å². The molecule has 0 bridgehead atoms. The van der Waals surface area contributed by atoms with Gasteiger partial charge in [0.25, 0.3) is 0 Å². The Labute approximate surface area is 210 Å². The number of aryl methyl sites for hydroxylation is 1. The number of hydrogen-bond donors (Lipinski definition) is 1. The number of hydrogen-bond acceptors (Lipinski definition) is 6. The van der Waals surface area contributed by atoms with Gasteiger partial charge in [-0.15, -0.1) is 10.2 Å². The second-order valence-electron chi connectivity index (χ2n) is 10.0. The quantitative estimate of drug-likeness (QED) is 0.426. The van der Waals surface area contributed by atoms with E-state index in [2.05, 4.69) is 20.2 Å². The molecule has 11 heteroatoms. The Balaban J connectivity index is 1.37. The number of nitrogens with zero attached hydrogens (tertiary/aromatic N) is 5. The van der Waals surface area contributed by atoms with E-state index in [1.807, 2.05) is 40.8 Å². The summed E-state index contributed by atoms with van der Waals surface area (Å²) in [6.45, 7) is 2.13. The monoisotopic (exact) mass is 510 g/mol. The highest BCUT2D eigenvalue weighted by molar-refractivity contribution is 5.84. The first-order valence-electron chi connectivity index (χ1n) is 12.1. The molecule has 2 aromatic heterocycles. The molecule has 0 saturated carbocycles. The number of Topliss-reactive ketones (excluding diaryl/α,β-unsaturated/α-hetero) is 1. The van der Waals surface area contributed by atoms with Gasteiger partial charge in [0, 0.05) is 44.0 Å². The SMILES string of the molecule is Cn1cnnc1CC1(c2cccc(-c3nc4c(C(F)(F)F)cc(CN5CCC(=O)C5)cc4[nH]3)c2)COC1. The molecule has 0 aliphatic carbocycles. The molecule has 192 valence electrons. The number of ether oxygens (including phenoxy) is 1. The third-order valence-corrected chi connectivity index (χ3v) is 7.27. The lowest BCUT2D eigenvalue weighted by Crippen LogP contribution is -2.49. The predicted octanol–water partition coefficient (Wildman–Crippen LogP) is 3.66. The van der Waals surface area contributed by atoms with Crippen LogP contribution in [-0.2, 0) is 41.1 Å². The molecule has 37 heavy (non-hydrogen) atoms. The summed E-state index contributed by atoms with van der Waals surface area (Å²) in [6, 6.07) is 10.5. The maximum absolute atomic E-state index is 14.0. The second-order valence-corrected chi connectivity index (χ2v) is 10.0. The Morgan fingerprint density at radius 3 is 2.68 bits per heavy atom. The zero-order valence-corrected chi connectivity index (χ0v) is 20.2. The maximum atomic E-state index is 14.0. The van der Waals surface area contributed by atoms with Gasteiger partial charge in [-0.05, 0) is 29.3 Å². The first kappa shape index (κ1) is 23.8. The van der Waals surface area contributed by atoms with Crippen LogP contribution in [0, 0.1) is 0 Å². The van der Waals surface area contributed by atoms with Crippen molar-refractivity contribution in [2.24, 2.45) is 7.05 Å². The Hall–Kier alpha value is -3.57. The number of benzene rings is 2. The van der Waals surface area contributed by atoms with Crippen molar-refractivity contribution in [2.45, 2.75) is 31.0 Å². The third-order valence-electron chi connectivity index (χ3n) is 7.27. The van der Waals surface area contributed by atoms with Crippen molar-refractivity contribution >= 4 is 16.8 Å². The number of rotatable bonds is 6. The molecule has 2 fully saturated rings. The van der Waals surface area contributed by atoms with Crippen LogP contribution >= 0.6 is 0 Å². The highest BCUT2D eigenvalue weighted by atomic mass is 19.4. The average Bonchev–Trinajstić information content (AvgIpc) is 3.55. The minimum absolute atomic E-state index is 0.106. The summed E-state index contributed by atoms with van der Waals surface area (Å²) in [6.07, 6.45) is -1.84. The molecule has 6 rings (SSSR count). The van der Waals surface area contributed by atoms with Crippen LogP contribution in [0.15, 0.2) is 42.7 Å². The van der Waals surface area contributed by atoms with Crippen LogP contribution in [0.4, 0.5) is 13.2 Å². The Bertz CT molecular complexity index is 1490. The molecule has 4 heterocycles. The number of fused-ring (bicyclic) bond motifs is 1. The van der Waals surface area contributed by atoms with Gasteiger partial charge in [0.15, 0.2) is 0 Å². The summed E-state index contributed by atoms with van der Waals surface area (Å²) < 4.78 is 49.5. The molecule has 2 aliphatic rings. The van der Waals surface area contributed by atoms with E-state index in [0.717, 1.165) is 17.5 Å². The number of aromatic nitrogens is 5. The number of carbonyl (C=O) groups excluding carboxylic acids is 1. The normalized spacial score (nSPS) is 18.0. The second kappa shape index (κ2) is 8.77. The van der Waals surface area contributed by atoms with E-state index in [-0.39, 0.29) is 29.8 Å².